The van der Waals surface area contributed by atoms with Crippen LogP contribution in [-0.2, 0) is 20.6 Å². The Morgan fingerprint density at radius 3 is 2.76 bits per heavy atom. The average Bonchev–Trinajstić information content (AvgIpc) is 2.80. The number of aryl methyl sites for hydroxylation is 3. The van der Waals surface area contributed by atoms with Crippen molar-refractivity contribution >= 4 is 5.82 Å². The molecule has 2 rings (SSSR count). The number of nitrogens with one attached hydrogen (secondary N) is 1. The lowest BCUT2D eigenvalue weighted by Gasteiger charge is -2.04. The maximum atomic E-state index is 9.05. The third-order valence-electron chi connectivity index (χ3n) is 2.54. The van der Waals surface area contributed by atoms with E-state index in [-0.39, 0.29) is 0 Å². The molecule has 2 aromatic heterocycles. The Balaban J connectivity index is 2.17. The molecular formula is C11H14N6. The zero-order valence-corrected chi connectivity index (χ0v) is 10.1. The molecule has 88 valence electrons. The van der Waals surface area contributed by atoms with Crippen LogP contribution in [-0.4, -0.2) is 19.6 Å². The lowest BCUT2D eigenvalue weighted by atomic mass is 10.2. The molecule has 0 radical (unpaired) electrons. The predicted molar refractivity (Wildman–Crippen MR) is 63.2 cm³/mol. The molecule has 0 aliphatic heterocycles. The van der Waals surface area contributed by atoms with Gasteiger partial charge < -0.3 is 5.32 Å². The average molecular weight is 230 g/mol. The van der Waals surface area contributed by atoms with Gasteiger partial charge in [-0.15, -0.1) is 0 Å². The first-order valence-corrected chi connectivity index (χ1v) is 5.28. The van der Waals surface area contributed by atoms with E-state index in [1.807, 2.05) is 33.3 Å². The Labute approximate surface area is 99.5 Å². The summed E-state index contributed by atoms with van der Waals surface area (Å²) in [7, 11) is 3.69. The third kappa shape index (κ3) is 2.13. The number of aromatic nitrogens is 4. The van der Waals surface area contributed by atoms with Crippen molar-refractivity contribution in [2.24, 2.45) is 14.1 Å². The minimum absolute atomic E-state index is 0.578. The van der Waals surface area contributed by atoms with Gasteiger partial charge in [0.1, 0.15) is 17.5 Å². The molecule has 0 atom stereocenters. The zero-order chi connectivity index (χ0) is 12.4. The Hall–Kier alpha value is -2.29. The van der Waals surface area contributed by atoms with Gasteiger partial charge in [0.15, 0.2) is 0 Å². The Morgan fingerprint density at radius 2 is 2.18 bits per heavy atom. The maximum absolute atomic E-state index is 9.05. The second-order valence-electron chi connectivity index (χ2n) is 3.88. The SMILES string of the molecule is Cc1nn(C)c(NCc2ccn(C)n2)c1C#N. The van der Waals surface area contributed by atoms with Crippen LogP contribution in [0.5, 0.6) is 0 Å². The smallest absolute Gasteiger partial charge is 0.142 e. The number of anilines is 1. The van der Waals surface area contributed by atoms with E-state index in [0.717, 1.165) is 17.2 Å². The minimum atomic E-state index is 0.578. The van der Waals surface area contributed by atoms with Crippen molar-refractivity contribution in [3.05, 3.63) is 29.2 Å². The minimum Gasteiger partial charge on any atom is -0.363 e. The number of hydrogen-bond donors (Lipinski definition) is 1. The first-order valence-electron chi connectivity index (χ1n) is 5.28. The topological polar surface area (TPSA) is 71.5 Å². The van der Waals surface area contributed by atoms with Crippen LogP contribution in [0.1, 0.15) is 17.0 Å². The monoisotopic (exact) mass is 230 g/mol. The highest BCUT2D eigenvalue weighted by Gasteiger charge is 2.12. The molecule has 0 spiro atoms. The Kier molecular flexibility index (Phi) is 2.83. The molecule has 6 heteroatoms. The van der Waals surface area contributed by atoms with Gasteiger partial charge in [0.25, 0.3) is 0 Å². The molecule has 6 nitrogen and oxygen atoms in total. The van der Waals surface area contributed by atoms with E-state index in [4.69, 9.17) is 5.26 Å². The van der Waals surface area contributed by atoms with E-state index in [9.17, 15) is 0 Å². The predicted octanol–water partition coefficient (Wildman–Crippen LogP) is 0.946. The highest BCUT2D eigenvalue weighted by Crippen LogP contribution is 2.17. The summed E-state index contributed by atoms with van der Waals surface area (Å²) in [5.41, 5.74) is 2.25. The van der Waals surface area contributed by atoms with Crippen molar-refractivity contribution in [2.45, 2.75) is 13.5 Å². The summed E-state index contributed by atoms with van der Waals surface area (Å²) in [6, 6.07) is 4.09. The summed E-state index contributed by atoms with van der Waals surface area (Å²) in [4.78, 5) is 0. The molecule has 2 aromatic rings. The van der Waals surface area contributed by atoms with Crippen molar-refractivity contribution in [3.63, 3.8) is 0 Å². The Morgan fingerprint density at radius 1 is 1.41 bits per heavy atom. The second-order valence-corrected chi connectivity index (χ2v) is 3.88. The van der Waals surface area contributed by atoms with E-state index in [0.29, 0.717) is 12.1 Å². The third-order valence-corrected chi connectivity index (χ3v) is 2.54. The first-order chi connectivity index (χ1) is 8.11. The van der Waals surface area contributed by atoms with Gasteiger partial charge in [-0.1, -0.05) is 0 Å². The van der Waals surface area contributed by atoms with Crippen molar-refractivity contribution in [1.82, 2.24) is 19.6 Å². The quantitative estimate of drug-likeness (QED) is 0.852. The van der Waals surface area contributed by atoms with E-state index < -0.39 is 0 Å². The lowest BCUT2D eigenvalue weighted by molar-refractivity contribution is 0.737. The molecule has 0 unspecified atom stereocenters. The van der Waals surface area contributed by atoms with Gasteiger partial charge in [0, 0.05) is 20.3 Å². The van der Waals surface area contributed by atoms with E-state index in [1.54, 1.807) is 9.36 Å². The molecule has 0 saturated heterocycles. The molecule has 0 aromatic carbocycles. The summed E-state index contributed by atoms with van der Waals surface area (Å²) < 4.78 is 3.42. The van der Waals surface area contributed by atoms with Crippen LogP contribution in [0.3, 0.4) is 0 Å². The normalized spacial score (nSPS) is 10.2. The fourth-order valence-electron chi connectivity index (χ4n) is 1.73. The molecule has 0 fully saturated rings. The van der Waals surface area contributed by atoms with Gasteiger partial charge in [0.2, 0.25) is 0 Å². The molecule has 0 aliphatic carbocycles. The van der Waals surface area contributed by atoms with Crippen molar-refractivity contribution < 1.29 is 0 Å². The molecule has 1 N–H and O–H groups in total. The number of rotatable bonds is 3. The maximum Gasteiger partial charge on any atom is 0.142 e. The van der Waals surface area contributed by atoms with Crippen LogP contribution in [0, 0.1) is 18.3 Å². The lowest BCUT2D eigenvalue weighted by Crippen LogP contribution is -2.06. The largest absolute Gasteiger partial charge is 0.363 e. The first kappa shape index (κ1) is 11.2. The number of nitriles is 1. The van der Waals surface area contributed by atoms with Gasteiger partial charge >= 0.3 is 0 Å². The fraction of sp³-hybridized carbons (Fsp3) is 0.364. The molecule has 0 aliphatic rings. The van der Waals surface area contributed by atoms with Crippen LogP contribution >= 0.6 is 0 Å². The Bertz CT molecular complexity index is 571. The number of hydrogen-bond acceptors (Lipinski definition) is 4. The standard InChI is InChI=1S/C11H14N6/c1-8-10(6-12)11(17(3)14-8)13-7-9-4-5-16(2)15-9/h4-5,13H,7H2,1-3H3. The molecular weight excluding hydrogens is 216 g/mol. The zero-order valence-electron chi connectivity index (χ0n) is 10.1. The van der Waals surface area contributed by atoms with Gasteiger partial charge in [-0.3, -0.25) is 9.36 Å². The highest BCUT2D eigenvalue weighted by atomic mass is 15.3. The van der Waals surface area contributed by atoms with E-state index in [2.05, 4.69) is 21.6 Å². The fourth-order valence-corrected chi connectivity index (χ4v) is 1.73. The van der Waals surface area contributed by atoms with Crippen LogP contribution in [0.2, 0.25) is 0 Å². The van der Waals surface area contributed by atoms with Gasteiger partial charge in [-0.05, 0) is 13.0 Å². The summed E-state index contributed by atoms with van der Waals surface area (Å²) in [5.74, 6) is 0.732. The summed E-state index contributed by atoms with van der Waals surface area (Å²) >= 11 is 0. The van der Waals surface area contributed by atoms with Crippen molar-refractivity contribution in [3.8, 4) is 6.07 Å². The van der Waals surface area contributed by atoms with Gasteiger partial charge in [-0.25, -0.2) is 0 Å². The molecule has 0 saturated carbocycles. The summed E-state index contributed by atoms with van der Waals surface area (Å²) in [6.45, 7) is 2.40. The van der Waals surface area contributed by atoms with Gasteiger partial charge in [0.05, 0.1) is 17.9 Å². The van der Waals surface area contributed by atoms with Crippen LogP contribution in [0.25, 0.3) is 0 Å². The molecule has 17 heavy (non-hydrogen) atoms. The van der Waals surface area contributed by atoms with Crippen molar-refractivity contribution in [1.29, 1.82) is 5.26 Å². The van der Waals surface area contributed by atoms with E-state index in [1.165, 1.54) is 0 Å². The van der Waals surface area contributed by atoms with E-state index >= 15 is 0 Å². The molecule has 2 heterocycles. The number of nitrogens with zero attached hydrogens (tertiary/aromatic N) is 5. The van der Waals surface area contributed by atoms with Crippen molar-refractivity contribution in [2.75, 3.05) is 5.32 Å². The van der Waals surface area contributed by atoms with Crippen LogP contribution in [0.15, 0.2) is 12.3 Å². The second kappa shape index (κ2) is 4.29. The summed E-state index contributed by atoms with van der Waals surface area (Å²) in [6.07, 6.45) is 1.89. The summed E-state index contributed by atoms with van der Waals surface area (Å²) in [5, 5.41) is 20.7. The molecule has 0 amide bonds. The van der Waals surface area contributed by atoms with Crippen LogP contribution < -0.4 is 5.32 Å². The highest BCUT2D eigenvalue weighted by molar-refractivity contribution is 5.54. The van der Waals surface area contributed by atoms with Crippen LogP contribution in [0.4, 0.5) is 5.82 Å². The molecule has 0 bridgehead atoms. The van der Waals surface area contributed by atoms with Gasteiger partial charge in [-0.2, -0.15) is 15.5 Å².